The Morgan fingerprint density at radius 1 is 1.04 bits per heavy atom. The van der Waals surface area contributed by atoms with Gasteiger partial charge in [-0.1, -0.05) is 13.8 Å². The van der Waals surface area contributed by atoms with Crippen LogP contribution in [0.5, 0.6) is 0 Å². The van der Waals surface area contributed by atoms with E-state index in [1.807, 2.05) is 6.92 Å². The van der Waals surface area contributed by atoms with Crippen molar-refractivity contribution >= 4 is 23.3 Å². The van der Waals surface area contributed by atoms with Crippen LogP contribution >= 0.6 is 0 Å². The Kier molecular flexibility index (Phi) is 3.78. The third-order valence-electron chi connectivity index (χ3n) is 8.49. The highest BCUT2D eigenvalue weighted by Crippen LogP contribution is 2.69. The highest BCUT2D eigenvalue weighted by Gasteiger charge is 2.73. The molecule has 5 nitrogen and oxygen atoms in total. The number of hydrogen-bond acceptors (Lipinski definition) is 5. The number of hydrogen-bond donors (Lipinski definition) is 0. The van der Waals surface area contributed by atoms with Crippen LogP contribution in [0, 0.1) is 34.0 Å². The molecule has 0 N–H and O–H groups in total. The van der Waals surface area contributed by atoms with Crippen molar-refractivity contribution in [3.8, 4) is 0 Å². The zero-order valence-electron chi connectivity index (χ0n) is 15.9. The summed E-state index contributed by atoms with van der Waals surface area (Å²) in [6.07, 6.45) is 4.43. The van der Waals surface area contributed by atoms with Crippen LogP contribution in [0.4, 0.5) is 0 Å². The van der Waals surface area contributed by atoms with Gasteiger partial charge >= 0.3 is 5.97 Å². The largest absolute Gasteiger partial charge is 0.468 e. The summed E-state index contributed by atoms with van der Waals surface area (Å²) in [5, 5.41) is 0. The molecule has 0 aliphatic heterocycles. The zero-order valence-corrected chi connectivity index (χ0v) is 15.9. The Bertz CT molecular complexity index is 701. The van der Waals surface area contributed by atoms with Crippen LogP contribution in [-0.4, -0.2) is 30.4 Å². The predicted octanol–water partition coefficient (Wildman–Crippen LogP) is 2.89. The van der Waals surface area contributed by atoms with Gasteiger partial charge in [0, 0.05) is 31.1 Å². The molecule has 4 aliphatic rings. The van der Waals surface area contributed by atoms with Gasteiger partial charge in [-0.3, -0.25) is 19.2 Å². The van der Waals surface area contributed by atoms with Crippen molar-refractivity contribution in [3.05, 3.63) is 0 Å². The second kappa shape index (κ2) is 5.49. The molecule has 0 amide bonds. The van der Waals surface area contributed by atoms with E-state index in [1.54, 1.807) is 0 Å². The van der Waals surface area contributed by atoms with Crippen molar-refractivity contribution < 1.29 is 23.9 Å². The molecule has 142 valence electrons. The van der Waals surface area contributed by atoms with Gasteiger partial charge in [-0.05, 0) is 48.9 Å². The van der Waals surface area contributed by atoms with Crippen molar-refractivity contribution in [2.24, 2.45) is 34.0 Å². The summed E-state index contributed by atoms with van der Waals surface area (Å²) >= 11 is 0. The van der Waals surface area contributed by atoms with Crippen LogP contribution in [0.15, 0.2) is 0 Å². The molecule has 0 bridgehead atoms. The van der Waals surface area contributed by atoms with Crippen LogP contribution in [0.3, 0.4) is 0 Å². The predicted molar refractivity (Wildman–Crippen MR) is 93.1 cm³/mol. The Hall–Kier alpha value is -1.52. The average Bonchev–Trinajstić information content (AvgIpc) is 2.91. The molecule has 0 aromatic rings. The SMILES string of the molecule is COC(=O)C12C(=O)CCCC1CC(=O)C1(C)C3CC(=O)CC3(C)CCC12. The lowest BCUT2D eigenvalue weighted by molar-refractivity contribution is -0.197. The average molecular weight is 360 g/mol. The van der Waals surface area contributed by atoms with Gasteiger partial charge in [0.05, 0.1) is 7.11 Å². The normalized spacial score (nSPS) is 47.8. The van der Waals surface area contributed by atoms with Gasteiger partial charge in [-0.15, -0.1) is 0 Å². The Labute approximate surface area is 154 Å². The minimum atomic E-state index is -1.19. The van der Waals surface area contributed by atoms with Crippen molar-refractivity contribution in [2.45, 2.75) is 65.2 Å². The minimum Gasteiger partial charge on any atom is -0.468 e. The summed E-state index contributed by atoms with van der Waals surface area (Å²) in [6, 6.07) is 0. The molecule has 26 heavy (non-hydrogen) atoms. The molecule has 0 aromatic carbocycles. The van der Waals surface area contributed by atoms with E-state index in [1.165, 1.54) is 7.11 Å². The van der Waals surface area contributed by atoms with E-state index >= 15 is 0 Å². The second-order valence-corrected chi connectivity index (χ2v) is 9.50. The van der Waals surface area contributed by atoms with Crippen LogP contribution in [0.25, 0.3) is 0 Å². The highest BCUT2D eigenvalue weighted by molar-refractivity contribution is 6.08. The quantitative estimate of drug-likeness (QED) is 0.531. The fourth-order valence-electron chi connectivity index (χ4n) is 7.37. The maximum absolute atomic E-state index is 13.4. The van der Waals surface area contributed by atoms with Crippen molar-refractivity contribution in [3.63, 3.8) is 0 Å². The maximum atomic E-state index is 13.4. The molecule has 6 atom stereocenters. The summed E-state index contributed by atoms with van der Waals surface area (Å²) < 4.78 is 5.17. The number of Topliss-reactive ketones (excluding diaryl/α,β-unsaturated/α-hetero) is 3. The molecule has 0 heterocycles. The number of methoxy groups -OCH3 is 1. The van der Waals surface area contributed by atoms with Gasteiger partial charge < -0.3 is 4.74 Å². The minimum absolute atomic E-state index is 0.0442. The number of carbonyl (C=O) groups excluding carboxylic acids is 4. The first-order chi connectivity index (χ1) is 12.2. The lowest BCUT2D eigenvalue weighted by Crippen LogP contribution is -2.67. The van der Waals surface area contributed by atoms with E-state index in [0.29, 0.717) is 25.7 Å². The molecular formula is C21H28O5. The van der Waals surface area contributed by atoms with Gasteiger partial charge in [0.15, 0.2) is 5.78 Å². The molecule has 0 radical (unpaired) electrons. The number of ether oxygens (including phenoxy) is 1. The van der Waals surface area contributed by atoms with Crippen LogP contribution in [0.1, 0.15) is 65.2 Å². The van der Waals surface area contributed by atoms with E-state index in [2.05, 4.69) is 6.92 Å². The molecule has 4 rings (SSSR count). The van der Waals surface area contributed by atoms with E-state index < -0.39 is 16.8 Å². The monoisotopic (exact) mass is 360 g/mol. The number of ketones is 3. The van der Waals surface area contributed by atoms with Crippen molar-refractivity contribution in [2.75, 3.05) is 7.11 Å². The molecule has 4 saturated carbocycles. The second-order valence-electron chi connectivity index (χ2n) is 9.50. The first kappa shape index (κ1) is 17.9. The fraction of sp³-hybridized carbons (Fsp3) is 0.810. The van der Waals surface area contributed by atoms with Crippen LogP contribution in [0.2, 0.25) is 0 Å². The summed E-state index contributed by atoms with van der Waals surface area (Å²) in [5.74, 6) is -0.815. The number of rotatable bonds is 1. The Morgan fingerprint density at radius 3 is 2.46 bits per heavy atom. The van der Waals surface area contributed by atoms with E-state index in [-0.39, 0.29) is 46.9 Å². The third-order valence-corrected chi connectivity index (χ3v) is 8.49. The van der Waals surface area contributed by atoms with Crippen LogP contribution in [-0.2, 0) is 23.9 Å². The van der Waals surface area contributed by atoms with Gasteiger partial charge in [-0.2, -0.15) is 0 Å². The highest BCUT2D eigenvalue weighted by atomic mass is 16.5. The Balaban J connectivity index is 1.90. The van der Waals surface area contributed by atoms with Gasteiger partial charge in [0.2, 0.25) is 0 Å². The summed E-state index contributed by atoms with van der Waals surface area (Å²) in [7, 11) is 1.34. The van der Waals surface area contributed by atoms with E-state index in [4.69, 9.17) is 4.74 Å². The lowest BCUT2D eigenvalue weighted by atomic mass is 9.39. The van der Waals surface area contributed by atoms with Crippen LogP contribution < -0.4 is 0 Å². The lowest BCUT2D eigenvalue weighted by Gasteiger charge is -2.62. The van der Waals surface area contributed by atoms with Crippen molar-refractivity contribution in [1.82, 2.24) is 0 Å². The standard InChI is InChI=1S/C21H28O5/c1-19-8-7-14-20(2,15(19)10-13(22)11-19)17(24)9-12-5-4-6-16(23)21(12,14)18(25)26-3/h12,14-15H,4-11H2,1-3H3. The molecule has 0 aromatic heterocycles. The van der Waals surface area contributed by atoms with E-state index in [9.17, 15) is 19.2 Å². The fourth-order valence-corrected chi connectivity index (χ4v) is 7.37. The topological polar surface area (TPSA) is 77.5 Å². The molecule has 5 heteroatoms. The van der Waals surface area contributed by atoms with E-state index in [0.717, 1.165) is 19.3 Å². The third kappa shape index (κ3) is 1.92. The summed E-state index contributed by atoms with van der Waals surface area (Å²) in [4.78, 5) is 51.9. The summed E-state index contributed by atoms with van der Waals surface area (Å²) in [5.41, 5.74) is -2.18. The number of esters is 1. The van der Waals surface area contributed by atoms with Gasteiger partial charge in [-0.25, -0.2) is 0 Å². The molecular weight excluding hydrogens is 332 g/mol. The Morgan fingerprint density at radius 2 is 1.77 bits per heavy atom. The summed E-state index contributed by atoms with van der Waals surface area (Å²) in [6.45, 7) is 4.04. The molecule has 0 saturated heterocycles. The van der Waals surface area contributed by atoms with Gasteiger partial charge in [0.1, 0.15) is 17.0 Å². The zero-order chi connectivity index (χ0) is 18.9. The number of fused-ring (bicyclic) bond motifs is 5. The number of carbonyl (C=O) groups is 4. The smallest absolute Gasteiger partial charge is 0.319 e. The molecule has 4 aliphatic carbocycles. The molecule has 6 unspecified atom stereocenters. The van der Waals surface area contributed by atoms with Crippen molar-refractivity contribution in [1.29, 1.82) is 0 Å². The first-order valence-electron chi connectivity index (χ1n) is 9.88. The molecule has 4 fully saturated rings. The van der Waals surface area contributed by atoms with Gasteiger partial charge in [0.25, 0.3) is 0 Å². The molecule has 0 spiro atoms. The first-order valence-corrected chi connectivity index (χ1v) is 9.88. The maximum Gasteiger partial charge on any atom is 0.319 e.